The summed E-state index contributed by atoms with van der Waals surface area (Å²) in [5, 5.41) is 3.69. The van der Waals surface area contributed by atoms with Crippen molar-refractivity contribution in [2.75, 3.05) is 60.5 Å². The highest BCUT2D eigenvalue weighted by atomic mass is 16.7. The van der Waals surface area contributed by atoms with E-state index in [1.807, 2.05) is 0 Å². The molecule has 2 amide bonds. The maximum Gasteiger partial charge on any atom is 0.333 e. The van der Waals surface area contributed by atoms with Gasteiger partial charge in [-0.3, -0.25) is 14.9 Å². The van der Waals surface area contributed by atoms with Gasteiger partial charge in [0.05, 0.1) is 26.4 Å². The lowest BCUT2D eigenvalue weighted by Gasteiger charge is -2.15. The Balaban J connectivity index is 1.90. The molecule has 1 saturated heterocycles. The third kappa shape index (κ3) is 11.9. The normalized spacial score (nSPS) is 15.2. The summed E-state index contributed by atoms with van der Waals surface area (Å²) in [6.45, 7) is 4.17. The molecule has 1 fully saturated rings. The van der Waals surface area contributed by atoms with Gasteiger partial charge in [0.1, 0.15) is 0 Å². The molecule has 0 aromatic heterocycles. The second-order valence-corrected chi connectivity index (χ2v) is 6.73. The maximum absolute atomic E-state index is 11.6. The molecule has 0 spiro atoms. The largest absolute Gasteiger partial charge is 0.385 e. The minimum Gasteiger partial charge on any atom is -0.385 e. The first-order chi connectivity index (χ1) is 14.1. The summed E-state index contributed by atoms with van der Waals surface area (Å²) in [6.07, 6.45) is 2.48. The summed E-state index contributed by atoms with van der Waals surface area (Å²) in [4.78, 5) is 39.1. The number of nitrogens with zero attached hydrogens (tertiary/aromatic N) is 1. The van der Waals surface area contributed by atoms with E-state index in [1.54, 1.807) is 14.2 Å². The van der Waals surface area contributed by atoms with Crippen LogP contribution >= 0.6 is 0 Å². The molecule has 1 aliphatic rings. The number of ether oxygens (including phenoxy) is 4. The van der Waals surface area contributed by atoms with Crippen LogP contribution in [0.3, 0.4) is 0 Å². The van der Waals surface area contributed by atoms with Gasteiger partial charge in [0.15, 0.2) is 0 Å². The highest BCUT2D eigenvalue weighted by Crippen LogP contribution is 2.12. The Morgan fingerprint density at radius 1 is 1.00 bits per heavy atom. The fourth-order valence-corrected chi connectivity index (χ4v) is 2.62. The van der Waals surface area contributed by atoms with E-state index in [4.69, 9.17) is 23.8 Å². The van der Waals surface area contributed by atoms with Crippen LogP contribution in [0.4, 0.5) is 0 Å². The fourth-order valence-electron chi connectivity index (χ4n) is 2.62. The smallest absolute Gasteiger partial charge is 0.333 e. The molecule has 0 radical (unpaired) electrons. The monoisotopic (exact) mass is 418 g/mol. The molecule has 1 N–H and O–H groups in total. The third-order valence-corrected chi connectivity index (χ3v) is 4.20. The first-order valence-electron chi connectivity index (χ1n) is 9.99. The van der Waals surface area contributed by atoms with Crippen molar-refractivity contribution in [3.8, 4) is 0 Å². The molecule has 10 nitrogen and oxygen atoms in total. The molecule has 0 aliphatic carbocycles. The molecular formula is C19H34N2O8. The Bertz CT molecular complexity index is 473. The highest BCUT2D eigenvalue weighted by Gasteiger charge is 2.32. The van der Waals surface area contributed by atoms with Crippen LogP contribution in [0.2, 0.25) is 0 Å². The van der Waals surface area contributed by atoms with E-state index < -0.39 is 17.8 Å². The first kappa shape index (κ1) is 25.4. The molecule has 1 unspecified atom stereocenters. The van der Waals surface area contributed by atoms with Gasteiger partial charge in [-0.1, -0.05) is 0 Å². The molecule has 29 heavy (non-hydrogen) atoms. The van der Waals surface area contributed by atoms with E-state index >= 15 is 0 Å². The molecule has 168 valence electrons. The molecule has 1 atom stereocenters. The minimum absolute atomic E-state index is 0.0800. The van der Waals surface area contributed by atoms with Crippen molar-refractivity contribution in [3.05, 3.63) is 0 Å². The summed E-state index contributed by atoms with van der Waals surface area (Å²) in [5.41, 5.74) is 0. The predicted octanol–water partition coefficient (Wildman–Crippen LogP) is 0.643. The lowest BCUT2D eigenvalue weighted by Crippen LogP contribution is -2.32. The number of methoxy groups -OCH3 is 2. The number of hydrogen-bond acceptors (Lipinski definition) is 9. The molecule has 0 bridgehead atoms. The summed E-state index contributed by atoms with van der Waals surface area (Å²) in [5.74, 6) is -1.22. The number of carbonyl (C=O) groups excluding carboxylic acids is 3. The fraction of sp³-hybridized carbons (Fsp3) is 0.842. The van der Waals surface area contributed by atoms with Gasteiger partial charge in [-0.05, 0) is 25.8 Å². The van der Waals surface area contributed by atoms with Gasteiger partial charge in [0.25, 0.3) is 11.8 Å². The zero-order valence-electron chi connectivity index (χ0n) is 17.5. The standard InChI is InChI=1S/C19H34N2O8/c1-25-12-8-16(13-26-2)14-27-11-4-9-20-15-28-10-3-5-19(24)29-21-17(22)6-7-18(21)23/h16,20H,3-15H2,1-2H3. The Hall–Kier alpha value is -1.59. The zero-order valence-corrected chi connectivity index (χ0v) is 17.5. The van der Waals surface area contributed by atoms with Crippen LogP contribution in [-0.2, 0) is 38.2 Å². The van der Waals surface area contributed by atoms with Crippen molar-refractivity contribution in [2.45, 2.75) is 38.5 Å². The number of nitrogens with one attached hydrogen (secondary N) is 1. The number of imide groups is 1. The molecule has 0 saturated carbocycles. The van der Waals surface area contributed by atoms with Gasteiger partial charge in [0.2, 0.25) is 0 Å². The Labute approximate surface area is 172 Å². The molecule has 10 heteroatoms. The van der Waals surface area contributed by atoms with E-state index in [0.29, 0.717) is 57.2 Å². The summed E-state index contributed by atoms with van der Waals surface area (Å²) < 4.78 is 21.3. The Morgan fingerprint density at radius 2 is 1.72 bits per heavy atom. The third-order valence-electron chi connectivity index (χ3n) is 4.20. The van der Waals surface area contributed by atoms with Crippen LogP contribution in [0.25, 0.3) is 0 Å². The quantitative estimate of drug-likeness (QED) is 0.195. The van der Waals surface area contributed by atoms with E-state index in [1.165, 1.54) is 0 Å². The van der Waals surface area contributed by atoms with Crippen molar-refractivity contribution in [2.24, 2.45) is 5.92 Å². The van der Waals surface area contributed by atoms with E-state index in [2.05, 4.69) is 5.32 Å². The SMILES string of the molecule is COCCC(COC)COCCCNCOCCCC(=O)ON1C(=O)CCC1=O. The molecular weight excluding hydrogens is 384 g/mol. The number of hydrogen-bond donors (Lipinski definition) is 1. The van der Waals surface area contributed by atoms with Crippen LogP contribution in [0.1, 0.15) is 38.5 Å². The Kier molecular flexibility index (Phi) is 14.2. The number of hydroxylamine groups is 2. The Morgan fingerprint density at radius 3 is 2.41 bits per heavy atom. The topological polar surface area (TPSA) is 113 Å². The molecule has 0 aromatic carbocycles. The van der Waals surface area contributed by atoms with Crippen molar-refractivity contribution in [1.82, 2.24) is 10.4 Å². The van der Waals surface area contributed by atoms with Gasteiger partial charge < -0.3 is 23.8 Å². The molecule has 1 rings (SSSR count). The van der Waals surface area contributed by atoms with Crippen LogP contribution in [0.15, 0.2) is 0 Å². The maximum atomic E-state index is 11.6. The van der Waals surface area contributed by atoms with E-state index in [9.17, 15) is 14.4 Å². The van der Waals surface area contributed by atoms with E-state index in [-0.39, 0.29) is 19.3 Å². The van der Waals surface area contributed by atoms with Crippen molar-refractivity contribution >= 4 is 17.8 Å². The lowest BCUT2D eigenvalue weighted by molar-refractivity contribution is -0.197. The van der Waals surface area contributed by atoms with Crippen LogP contribution in [0.5, 0.6) is 0 Å². The predicted molar refractivity (Wildman–Crippen MR) is 103 cm³/mol. The van der Waals surface area contributed by atoms with Crippen LogP contribution in [0, 0.1) is 5.92 Å². The van der Waals surface area contributed by atoms with Gasteiger partial charge in [-0.15, -0.1) is 5.06 Å². The molecule has 0 aromatic rings. The average molecular weight is 418 g/mol. The van der Waals surface area contributed by atoms with E-state index in [0.717, 1.165) is 19.4 Å². The second-order valence-electron chi connectivity index (χ2n) is 6.73. The van der Waals surface area contributed by atoms with Crippen molar-refractivity contribution < 1.29 is 38.2 Å². The second kappa shape index (κ2) is 16.2. The minimum atomic E-state index is -0.611. The van der Waals surface area contributed by atoms with Gasteiger partial charge in [0, 0.05) is 52.8 Å². The first-order valence-corrected chi connectivity index (χ1v) is 9.99. The van der Waals surface area contributed by atoms with Crippen molar-refractivity contribution in [1.29, 1.82) is 0 Å². The molecule has 1 aliphatic heterocycles. The zero-order chi connectivity index (χ0) is 21.3. The summed E-state index contributed by atoms with van der Waals surface area (Å²) in [7, 11) is 3.37. The number of amides is 2. The number of rotatable bonds is 18. The van der Waals surface area contributed by atoms with Gasteiger partial charge in [-0.2, -0.15) is 0 Å². The average Bonchev–Trinajstić information content (AvgIpc) is 3.02. The summed E-state index contributed by atoms with van der Waals surface area (Å²) in [6, 6.07) is 0. The van der Waals surface area contributed by atoms with Gasteiger partial charge in [-0.25, -0.2) is 4.79 Å². The van der Waals surface area contributed by atoms with Crippen molar-refractivity contribution in [3.63, 3.8) is 0 Å². The summed E-state index contributed by atoms with van der Waals surface area (Å²) >= 11 is 0. The number of carbonyl (C=O) groups is 3. The van der Waals surface area contributed by atoms with Crippen LogP contribution < -0.4 is 5.32 Å². The molecule has 1 heterocycles. The van der Waals surface area contributed by atoms with Gasteiger partial charge >= 0.3 is 5.97 Å². The lowest BCUT2D eigenvalue weighted by atomic mass is 10.1. The highest BCUT2D eigenvalue weighted by molar-refractivity contribution is 6.01. The van der Waals surface area contributed by atoms with Crippen LogP contribution in [-0.4, -0.2) is 83.4 Å².